The summed E-state index contributed by atoms with van der Waals surface area (Å²) in [5.41, 5.74) is -0.601. The van der Waals surface area contributed by atoms with Crippen LogP contribution in [0.4, 0.5) is 4.79 Å². The highest BCUT2D eigenvalue weighted by Crippen LogP contribution is 2.48. The lowest BCUT2D eigenvalue weighted by Crippen LogP contribution is -2.59. The Hall–Kier alpha value is -2.44. The van der Waals surface area contributed by atoms with Crippen LogP contribution in [0.5, 0.6) is 0 Å². The normalized spacial score (nSPS) is 27.5. The van der Waals surface area contributed by atoms with Gasteiger partial charge in [-0.3, -0.25) is 14.7 Å². The van der Waals surface area contributed by atoms with Crippen molar-refractivity contribution in [3.63, 3.8) is 0 Å². The minimum absolute atomic E-state index is 0.0305. The van der Waals surface area contributed by atoms with E-state index in [9.17, 15) is 14.4 Å². The average Bonchev–Trinajstić information content (AvgIpc) is 3.28. The number of nitrogens with zero attached hydrogens (tertiary/aromatic N) is 3. The number of fused-ring (bicyclic) bond motifs is 2. The lowest BCUT2D eigenvalue weighted by atomic mass is 9.94. The molecule has 0 N–H and O–H groups in total. The second-order valence-corrected chi connectivity index (χ2v) is 7.50. The predicted molar refractivity (Wildman–Crippen MR) is 92.3 cm³/mol. The summed E-state index contributed by atoms with van der Waals surface area (Å²) < 4.78 is 5.07. The first kappa shape index (κ1) is 17.0. The highest BCUT2D eigenvalue weighted by atomic mass is 16.6. The van der Waals surface area contributed by atoms with Gasteiger partial charge in [-0.1, -0.05) is 0 Å². The average molecular weight is 357 g/mol. The smallest absolute Gasteiger partial charge is 0.372 e. The molecule has 2 saturated heterocycles. The standard InChI is InChI=1S/C19H23N3O4/c23-16(15-5-4-8-20-12-15)26-18(25)22-13-14-6-7-19(22,11-14)17(24)21-9-2-1-3-10-21/h4-5,8,12,14H,1-3,6-7,9-11,13H2. The zero-order valence-corrected chi connectivity index (χ0v) is 14.7. The minimum Gasteiger partial charge on any atom is -0.372 e. The van der Waals surface area contributed by atoms with Crippen LogP contribution in [0.3, 0.4) is 0 Å². The molecule has 7 heteroatoms. The van der Waals surface area contributed by atoms with Gasteiger partial charge < -0.3 is 9.64 Å². The number of amides is 2. The third-order valence-electron chi connectivity index (χ3n) is 5.89. The van der Waals surface area contributed by atoms with Gasteiger partial charge in [-0.25, -0.2) is 9.59 Å². The number of hydrogen-bond donors (Lipinski definition) is 0. The summed E-state index contributed by atoms with van der Waals surface area (Å²) in [6, 6.07) is 3.16. The van der Waals surface area contributed by atoms with Crippen molar-refractivity contribution in [1.82, 2.24) is 14.8 Å². The Bertz CT molecular complexity index is 717. The van der Waals surface area contributed by atoms with Crippen molar-refractivity contribution < 1.29 is 19.1 Å². The van der Waals surface area contributed by atoms with Crippen molar-refractivity contribution in [2.24, 2.45) is 5.92 Å². The molecule has 2 atom stereocenters. The maximum absolute atomic E-state index is 13.2. The summed E-state index contributed by atoms with van der Waals surface area (Å²) in [5.74, 6) is -0.390. The Kier molecular flexibility index (Phi) is 4.38. The highest BCUT2D eigenvalue weighted by Gasteiger charge is 2.59. The van der Waals surface area contributed by atoms with Crippen LogP contribution in [-0.4, -0.2) is 57.9 Å². The highest BCUT2D eigenvalue weighted by molar-refractivity contribution is 5.98. The first-order valence-corrected chi connectivity index (χ1v) is 9.33. The summed E-state index contributed by atoms with van der Waals surface area (Å²) in [5, 5.41) is 0. The molecular formula is C19H23N3O4. The minimum atomic E-state index is -0.825. The number of esters is 1. The van der Waals surface area contributed by atoms with E-state index >= 15 is 0 Å². The van der Waals surface area contributed by atoms with Crippen LogP contribution in [0.1, 0.15) is 48.9 Å². The topological polar surface area (TPSA) is 79.8 Å². The van der Waals surface area contributed by atoms with Crippen LogP contribution in [0, 0.1) is 5.92 Å². The summed E-state index contributed by atoms with van der Waals surface area (Å²) in [7, 11) is 0. The quantitative estimate of drug-likeness (QED) is 0.599. The molecule has 2 unspecified atom stereocenters. The monoisotopic (exact) mass is 357 g/mol. The van der Waals surface area contributed by atoms with E-state index in [2.05, 4.69) is 4.98 Å². The van der Waals surface area contributed by atoms with E-state index in [0.717, 1.165) is 38.8 Å². The van der Waals surface area contributed by atoms with E-state index in [1.807, 2.05) is 4.90 Å². The number of aromatic nitrogens is 1. The molecule has 1 saturated carbocycles. The summed E-state index contributed by atoms with van der Waals surface area (Å²) in [4.78, 5) is 45.4. The van der Waals surface area contributed by atoms with Crippen molar-refractivity contribution in [2.45, 2.75) is 44.1 Å². The van der Waals surface area contributed by atoms with Crippen LogP contribution in [-0.2, 0) is 9.53 Å². The van der Waals surface area contributed by atoms with Crippen molar-refractivity contribution in [2.75, 3.05) is 19.6 Å². The maximum Gasteiger partial charge on any atom is 0.418 e. The van der Waals surface area contributed by atoms with E-state index in [1.54, 1.807) is 18.3 Å². The van der Waals surface area contributed by atoms with E-state index in [4.69, 9.17) is 4.74 Å². The molecule has 0 radical (unpaired) electrons. The van der Waals surface area contributed by atoms with Crippen molar-refractivity contribution in [3.05, 3.63) is 30.1 Å². The lowest BCUT2D eigenvalue weighted by Gasteiger charge is -2.41. The van der Waals surface area contributed by atoms with Crippen LogP contribution in [0.25, 0.3) is 0 Å². The van der Waals surface area contributed by atoms with Gasteiger partial charge in [0.25, 0.3) is 0 Å². The molecule has 3 fully saturated rings. The number of pyridine rings is 1. The third kappa shape index (κ3) is 2.85. The molecule has 26 heavy (non-hydrogen) atoms. The van der Waals surface area contributed by atoms with Crippen molar-refractivity contribution in [1.29, 1.82) is 0 Å². The fraction of sp³-hybridized carbons (Fsp3) is 0.579. The first-order valence-electron chi connectivity index (χ1n) is 9.33. The molecule has 1 aromatic heterocycles. The SMILES string of the molecule is O=C(OC(=O)N1CC2CCC1(C(=O)N1CCCCC1)C2)c1cccnc1. The first-order chi connectivity index (χ1) is 12.6. The van der Waals surface area contributed by atoms with Gasteiger partial charge >= 0.3 is 12.1 Å². The van der Waals surface area contributed by atoms with Gasteiger partial charge in [0.1, 0.15) is 5.54 Å². The molecule has 2 aliphatic heterocycles. The Morgan fingerprint density at radius 3 is 2.69 bits per heavy atom. The number of ether oxygens (including phenoxy) is 1. The molecule has 2 bridgehead atoms. The van der Waals surface area contributed by atoms with E-state index < -0.39 is 17.6 Å². The van der Waals surface area contributed by atoms with Gasteiger partial charge in [0.2, 0.25) is 5.91 Å². The second kappa shape index (κ2) is 6.70. The van der Waals surface area contributed by atoms with Crippen LogP contribution >= 0.6 is 0 Å². The molecular weight excluding hydrogens is 334 g/mol. The molecule has 3 aliphatic rings. The van der Waals surface area contributed by atoms with Crippen molar-refractivity contribution in [3.8, 4) is 0 Å². The summed E-state index contributed by atoms with van der Waals surface area (Å²) >= 11 is 0. The van der Waals surface area contributed by atoms with E-state index in [-0.39, 0.29) is 11.5 Å². The molecule has 7 nitrogen and oxygen atoms in total. The zero-order chi connectivity index (χ0) is 18.1. The van der Waals surface area contributed by atoms with Crippen LogP contribution in [0.15, 0.2) is 24.5 Å². The largest absolute Gasteiger partial charge is 0.418 e. The Morgan fingerprint density at radius 1 is 1.19 bits per heavy atom. The van der Waals surface area contributed by atoms with E-state index in [1.165, 1.54) is 11.1 Å². The maximum atomic E-state index is 13.2. The molecule has 0 spiro atoms. The Labute approximate surface area is 152 Å². The number of carbonyl (C=O) groups excluding carboxylic acids is 3. The molecule has 2 amide bonds. The van der Waals surface area contributed by atoms with Gasteiger partial charge in [0, 0.05) is 32.0 Å². The second-order valence-electron chi connectivity index (χ2n) is 7.50. The number of piperidine rings is 2. The predicted octanol–water partition coefficient (Wildman–Crippen LogP) is 2.23. The zero-order valence-electron chi connectivity index (χ0n) is 14.7. The van der Waals surface area contributed by atoms with Gasteiger partial charge in [0.05, 0.1) is 5.56 Å². The van der Waals surface area contributed by atoms with E-state index in [0.29, 0.717) is 25.3 Å². The fourth-order valence-corrected chi connectivity index (χ4v) is 4.59. The van der Waals surface area contributed by atoms with Crippen LogP contribution in [0.2, 0.25) is 0 Å². The number of likely N-dealkylation sites (tertiary alicyclic amines) is 2. The lowest BCUT2D eigenvalue weighted by molar-refractivity contribution is -0.143. The van der Waals surface area contributed by atoms with Gasteiger partial charge in [-0.15, -0.1) is 0 Å². The Balaban J connectivity index is 1.50. The summed E-state index contributed by atoms with van der Waals surface area (Å²) in [6.45, 7) is 1.99. The molecule has 1 aromatic rings. The summed E-state index contributed by atoms with van der Waals surface area (Å²) in [6.07, 6.45) is 7.63. The van der Waals surface area contributed by atoms with Gasteiger partial charge in [-0.05, 0) is 56.6 Å². The number of hydrogen-bond acceptors (Lipinski definition) is 5. The van der Waals surface area contributed by atoms with Gasteiger partial charge in [-0.2, -0.15) is 0 Å². The molecule has 0 aromatic carbocycles. The molecule has 3 heterocycles. The third-order valence-corrected chi connectivity index (χ3v) is 5.89. The molecule has 4 rings (SSSR count). The Morgan fingerprint density at radius 2 is 2.00 bits per heavy atom. The number of rotatable bonds is 2. The fourth-order valence-electron chi connectivity index (χ4n) is 4.59. The molecule has 1 aliphatic carbocycles. The van der Waals surface area contributed by atoms with Crippen molar-refractivity contribution >= 4 is 18.0 Å². The van der Waals surface area contributed by atoms with Crippen LogP contribution < -0.4 is 0 Å². The number of carbonyl (C=O) groups is 3. The van der Waals surface area contributed by atoms with Gasteiger partial charge in [0.15, 0.2) is 0 Å². The molecule has 138 valence electrons.